The molecule has 2 rings (SSSR count). The third kappa shape index (κ3) is 2.65. The molecule has 4 nitrogen and oxygen atoms in total. The summed E-state index contributed by atoms with van der Waals surface area (Å²) in [5.41, 5.74) is 6.61. The lowest BCUT2D eigenvalue weighted by atomic mass is 10.2. The fourth-order valence-electron chi connectivity index (χ4n) is 2.00. The normalized spacial score (nSPS) is 12.1. The molecule has 20 heavy (non-hydrogen) atoms. The van der Waals surface area contributed by atoms with Crippen molar-refractivity contribution >= 4 is 48.9 Å². The maximum Gasteiger partial charge on any atom is 0.265 e. The molecule has 1 unspecified atom stereocenters. The summed E-state index contributed by atoms with van der Waals surface area (Å²) in [5, 5.41) is 9.70. The first-order valence-electron chi connectivity index (χ1n) is 6.07. The van der Waals surface area contributed by atoms with E-state index in [1.165, 1.54) is 11.3 Å². The molecule has 0 saturated heterocycles. The number of nitrogens with zero attached hydrogens (tertiary/aromatic N) is 2. The average Bonchev–Trinajstić information content (AvgIpc) is 2.76. The van der Waals surface area contributed by atoms with Crippen LogP contribution in [0.3, 0.4) is 0 Å². The van der Waals surface area contributed by atoms with Gasteiger partial charge >= 0.3 is 0 Å². The minimum atomic E-state index is -0.203. The van der Waals surface area contributed by atoms with E-state index in [1.54, 1.807) is 18.9 Å². The topological polar surface area (TPSA) is 70.1 Å². The Bertz CT molecular complexity index is 704. The van der Waals surface area contributed by atoms with Crippen molar-refractivity contribution in [1.82, 2.24) is 4.90 Å². The van der Waals surface area contributed by atoms with Crippen molar-refractivity contribution in [2.45, 2.75) is 6.92 Å². The van der Waals surface area contributed by atoms with E-state index in [9.17, 15) is 4.79 Å². The van der Waals surface area contributed by atoms with Gasteiger partial charge in [-0.05, 0) is 19.1 Å². The summed E-state index contributed by atoms with van der Waals surface area (Å²) >= 11 is 4.84. The highest BCUT2D eigenvalue weighted by molar-refractivity contribution is 9.10. The lowest BCUT2D eigenvalue weighted by Gasteiger charge is -2.17. The average molecular weight is 352 g/mol. The van der Waals surface area contributed by atoms with Crippen LogP contribution in [-0.2, 0) is 0 Å². The Morgan fingerprint density at radius 3 is 2.90 bits per heavy atom. The predicted octanol–water partition coefficient (Wildman–Crippen LogP) is 3.48. The van der Waals surface area contributed by atoms with Crippen LogP contribution in [0.15, 0.2) is 22.7 Å². The lowest BCUT2D eigenvalue weighted by Crippen LogP contribution is -2.30. The van der Waals surface area contributed by atoms with E-state index in [2.05, 4.69) is 22.0 Å². The molecular formula is C14H14BrN3OS. The molecule has 2 N–H and O–H groups in total. The van der Waals surface area contributed by atoms with Crippen LogP contribution in [0.4, 0.5) is 5.69 Å². The number of hydrogen-bond acceptors (Lipinski definition) is 4. The number of carbonyl (C=O) groups is 1. The molecule has 1 amide bonds. The van der Waals surface area contributed by atoms with E-state index in [-0.39, 0.29) is 11.8 Å². The van der Waals surface area contributed by atoms with Crippen molar-refractivity contribution in [2.24, 2.45) is 5.92 Å². The fourth-order valence-corrected chi connectivity index (χ4v) is 3.85. The summed E-state index contributed by atoms with van der Waals surface area (Å²) in [6.07, 6.45) is 0. The molecule has 0 spiro atoms. The van der Waals surface area contributed by atoms with Crippen molar-refractivity contribution in [3.63, 3.8) is 0 Å². The Morgan fingerprint density at radius 2 is 2.30 bits per heavy atom. The molecule has 0 aliphatic rings. The van der Waals surface area contributed by atoms with Crippen molar-refractivity contribution < 1.29 is 4.79 Å². The highest BCUT2D eigenvalue weighted by Crippen LogP contribution is 2.38. The number of halogens is 1. The second-order valence-electron chi connectivity index (χ2n) is 4.67. The van der Waals surface area contributed by atoms with Gasteiger partial charge in [0.1, 0.15) is 4.88 Å². The van der Waals surface area contributed by atoms with E-state index in [0.29, 0.717) is 17.1 Å². The maximum atomic E-state index is 12.4. The number of nitrogens with two attached hydrogens (primary N) is 1. The molecule has 6 heteroatoms. The fraction of sp³-hybridized carbons (Fsp3) is 0.286. The molecule has 0 saturated carbocycles. The van der Waals surface area contributed by atoms with E-state index in [4.69, 9.17) is 11.0 Å². The summed E-state index contributed by atoms with van der Waals surface area (Å²) in [5.74, 6) is -0.344. The third-order valence-electron chi connectivity index (χ3n) is 3.01. The van der Waals surface area contributed by atoms with Gasteiger partial charge in [0.2, 0.25) is 0 Å². The summed E-state index contributed by atoms with van der Waals surface area (Å²) in [7, 11) is 1.69. The van der Waals surface area contributed by atoms with Gasteiger partial charge in [-0.25, -0.2) is 0 Å². The van der Waals surface area contributed by atoms with E-state index < -0.39 is 0 Å². The molecule has 0 aliphatic heterocycles. The van der Waals surface area contributed by atoms with Gasteiger partial charge in [-0.2, -0.15) is 5.26 Å². The Balaban J connectivity index is 2.39. The number of carbonyl (C=O) groups excluding carboxylic acids is 1. The molecule has 0 aliphatic carbocycles. The van der Waals surface area contributed by atoms with Gasteiger partial charge in [0.25, 0.3) is 5.91 Å². The highest BCUT2D eigenvalue weighted by Gasteiger charge is 2.21. The molecule has 1 heterocycles. The monoisotopic (exact) mass is 351 g/mol. The molecular weight excluding hydrogens is 338 g/mol. The molecule has 0 bridgehead atoms. The van der Waals surface area contributed by atoms with Crippen LogP contribution in [0.5, 0.6) is 0 Å². The van der Waals surface area contributed by atoms with E-state index in [0.717, 1.165) is 14.6 Å². The largest absolute Gasteiger partial charge is 0.397 e. The number of amides is 1. The zero-order valence-corrected chi connectivity index (χ0v) is 13.6. The summed E-state index contributed by atoms with van der Waals surface area (Å²) < 4.78 is 1.86. The maximum absolute atomic E-state index is 12.4. The number of hydrogen-bond donors (Lipinski definition) is 1. The van der Waals surface area contributed by atoms with Crippen LogP contribution in [0.25, 0.3) is 10.1 Å². The van der Waals surface area contributed by atoms with Crippen molar-refractivity contribution in [1.29, 1.82) is 5.26 Å². The van der Waals surface area contributed by atoms with Gasteiger partial charge < -0.3 is 10.6 Å². The SMILES string of the molecule is CC(C#N)CN(C)C(=O)c1sc2cccc(Br)c2c1N. The van der Waals surface area contributed by atoms with Crippen LogP contribution >= 0.6 is 27.3 Å². The lowest BCUT2D eigenvalue weighted by molar-refractivity contribution is 0.0791. The van der Waals surface area contributed by atoms with Crippen molar-refractivity contribution in [2.75, 3.05) is 19.3 Å². The number of nitrogen functional groups attached to an aromatic ring is 1. The van der Waals surface area contributed by atoms with Crippen LogP contribution in [0.2, 0.25) is 0 Å². The van der Waals surface area contributed by atoms with Gasteiger partial charge in [0, 0.05) is 28.2 Å². The van der Waals surface area contributed by atoms with E-state index >= 15 is 0 Å². The molecule has 1 aromatic carbocycles. The minimum absolute atomic E-state index is 0.141. The Hall–Kier alpha value is -1.58. The molecule has 104 valence electrons. The van der Waals surface area contributed by atoms with Crippen LogP contribution in [0.1, 0.15) is 16.6 Å². The third-order valence-corrected chi connectivity index (χ3v) is 4.83. The zero-order valence-electron chi connectivity index (χ0n) is 11.2. The highest BCUT2D eigenvalue weighted by atomic mass is 79.9. The number of rotatable bonds is 3. The molecule has 0 fully saturated rings. The second kappa shape index (κ2) is 5.81. The number of benzene rings is 1. The second-order valence-corrected chi connectivity index (χ2v) is 6.58. The minimum Gasteiger partial charge on any atom is -0.397 e. The number of nitriles is 1. The molecule has 1 aromatic heterocycles. The van der Waals surface area contributed by atoms with Gasteiger partial charge in [-0.15, -0.1) is 11.3 Å². The van der Waals surface area contributed by atoms with Crippen LogP contribution < -0.4 is 5.73 Å². The first kappa shape index (κ1) is 14.8. The number of fused-ring (bicyclic) bond motifs is 1. The van der Waals surface area contributed by atoms with Crippen molar-refractivity contribution in [3.05, 3.63) is 27.5 Å². The molecule has 1 atom stereocenters. The van der Waals surface area contributed by atoms with Gasteiger partial charge in [-0.1, -0.05) is 22.0 Å². The molecule has 0 radical (unpaired) electrons. The number of anilines is 1. The number of thiophene rings is 1. The van der Waals surface area contributed by atoms with Crippen molar-refractivity contribution in [3.8, 4) is 6.07 Å². The summed E-state index contributed by atoms with van der Waals surface area (Å²) in [6, 6.07) is 7.88. The van der Waals surface area contributed by atoms with Crippen LogP contribution in [-0.4, -0.2) is 24.4 Å². The molecule has 2 aromatic rings. The smallest absolute Gasteiger partial charge is 0.265 e. The quantitative estimate of drug-likeness (QED) is 0.919. The first-order valence-corrected chi connectivity index (χ1v) is 7.68. The van der Waals surface area contributed by atoms with Gasteiger partial charge in [0.05, 0.1) is 17.7 Å². The van der Waals surface area contributed by atoms with Gasteiger partial charge in [0.15, 0.2) is 0 Å². The summed E-state index contributed by atoms with van der Waals surface area (Å²) in [4.78, 5) is 14.5. The van der Waals surface area contributed by atoms with E-state index in [1.807, 2.05) is 18.2 Å². The summed E-state index contributed by atoms with van der Waals surface area (Å²) in [6.45, 7) is 2.18. The standard InChI is InChI=1S/C14H14BrN3OS/c1-8(6-16)7-18(2)14(19)13-12(17)11-9(15)4-3-5-10(11)20-13/h3-5,8H,7,17H2,1-2H3. The van der Waals surface area contributed by atoms with Crippen LogP contribution in [0, 0.1) is 17.2 Å². The Kier molecular flexibility index (Phi) is 4.31. The zero-order chi connectivity index (χ0) is 14.9. The Morgan fingerprint density at radius 1 is 1.60 bits per heavy atom. The predicted molar refractivity (Wildman–Crippen MR) is 85.7 cm³/mol. The van der Waals surface area contributed by atoms with Gasteiger partial charge in [-0.3, -0.25) is 4.79 Å². The Labute approximate surface area is 129 Å². The first-order chi connectivity index (χ1) is 9.45.